The summed E-state index contributed by atoms with van der Waals surface area (Å²) in [5.74, 6) is 0.872. The molecule has 1 heterocycles. The zero-order valence-corrected chi connectivity index (χ0v) is 17.0. The monoisotopic (exact) mass is 440 g/mol. The second-order valence-corrected chi connectivity index (χ2v) is 7.49. The number of rotatable bonds is 7. The summed E-state index contributed by atoms with van der Waals surface area (Å²) in [6.07, 6.45) is 0.193. The summed E-state index contributed by atoms with van der Waals surface area (Å²) in [4.78, 5) is 24.1. The third-order valence-corrected chi connectivity index (χ3v) is 5.48. The third-order valence-electron chi connectivity index (χ3n) is 3.71. The fraction of sp³-hybridized carbons (Fsp3) is 0.167. The van der Waals surface area contributed by atoms with Crippen molar-refractivity contribution in [1.82, 2.24) is 5.27 Å². The summed E-state index contributed by atoms with van der Waals surface area (Å²) in [5.41, 5.74) is 0.749. The molecule has 0 unspecified atom stereocenters. The van der Waals surface area contributed by atoms with E-state index in [2.05, 4.69) is 10.6 Å². The van der Waals surface area contributed by atoms with Crippen molar-refractivity contribution < 1.29 is 18.7 Å². The molecule has 0 saturated heterocycles. The topological polar surface area (TPSA) is 88.2 Å². The Labute approximate surface area is 174 Å². The number of halogens is 2. The van der Waals surface area contributed by atoms with Crippen LogP contribution in [0.4, 0.5) is 5.69 Å². The number of ether oxygens (including phenoxy) is 1. The second kappa shape index (κ2) is 9.18. The van der Waals surface area contributed by atoms with Gasteiger partial charge in [-0.15, -0.1) is 0 Å². The largest absolute Gasteiger partial charge is 0.497 e. The molecule has 0 radical (unpaired) electrons. The Morgan fingerprint density at radius 1 is 1.21 bits per heavy atom. The van der Waals surface area contributed by atoms with Gasteiger partial charge in [-0.25, -0.2) is 4.79 Å². The Bertz CT molecular complexity index is 1030. The number of hydrogen-bond acceptors (Lipinski definition) is 5. The lowest BCUT2D eigenvalue weighted by Gasteiger charge is -2.05. The molecule has 3 rings (SSSR count). The van der Waals surface area contributed by atoms with E-state index >= 15 is 0 Å². The van der Waals surface area contributed by atoms with Crippen LogP contribution in [0.1, 0.15) is 6.42 Å². The Morgan fingerprint density at radius 3 is 2.64 bits per heavy atom. The van der Waals surface area contributed by atoms with Crippen LogP contribution >= 0.6 is 35.0 Å². The highest BCUT2D eigenvalue weighted by Gasteiger charge is 2.24. The number of amides is 1. The normalized spacial score (nSPS) is 10.7. The summed E-state index contributed by atoms with van der Waals surface area (Å²) in [7, 11) is 1.58. The average Bonchev–Trinajstić information content (AvgIpc) is 3.05. The summed E-state index contributed by atoms with van der Waals surface area (Å²) in [6, 6.07) is 12.0. The minimum Gasteiger partial charge on any atom is -0.497 e. The fourth-order valence-corrected chi connectivity index (χ4v) is 3.54. The van der Waals surface area contributed by atoms with Crippen molar-refractivity contribution in [2.45, 2.75) is 11.4 Å². The second-order valence-electron chi connectivity index (χ2n) is 5.59. The number of nitrogens with one attached hydrogen (secondary N) is 2. The number of carbonyl (C=O) groups is 1. The van der Waals surface area contributed by atoms with Gasteiger partial charge in [-0.05, 0) is 52.0 Å². The third kappa shape index (κ3) is 4.89. The molecular formula is C18H16Cl2N3O4S+. The first kappa shape index (κ1) is 20.3. The van der Waals surface area contributed by atoms with Crippen molar-refractivity contribution in [3.05, 3.63) is 62.9 Å². The first-order valence-corrected chi connectivity index (χ1v) is 9.87. The maximum Gasteiger partial charge on any atom is 0.442 e. The quantitative estimate of drug-likeness (QED) is 0.432. The lowest BCUT2D eigenvalue weighted by molar-refractivity contribution is -0.704. The predicted octanol–water partition coefficient (Wildman–Crippen LogP) is 3.68. The molecule has 10 heteroatoms. The number of hydrogen-bond donors (Lipinski definition) is 2. The lowest BCUT2D eigenvalue weighted by atomic mass is 10.3. The molecule has 0 aliphatic carbocycles. The average molecular weight is 441 g/mol. The molecule has 0 atom stereocenters. The number of aromatic nitrogens is 2. The molecule has 7 nitrogen and oxygen atoms in total. The van der Waals surface area contributed by atoms with E-state index in [-0.39, 0.29) is 12.3 Å². The van der Waals surface area contributed by atoms with Gasteiger partial charge in [-0.1, -0.05) is 23.2 Å². The first-order valence-electron chi connectivity index (χ1n) is 8.13. The van der Waals surface area contributed by atoms with Gasteiger partial charge in [0.05, 0.1) is 17.2 Å². The molecular weight excluding hydrogens is 425 g/mol. The first-order chi connectivity index (χ1) is 13.5. The SMILES string of the molecule is COc1ccc(-[n+]2[nH]oc(=O)c2SCCC(=O)Nc2ccc(Cl)c(Cl)c2)cc1. The highest BCUT2D eigenvalue weighted by molar-refractivity contribution is 7.99. The fourth-order valence-electron chi connectivity index (χ4n) is 2.33. The number of nitrogens with zero attached hydrogens (tertiary/aromatic N) is 1. The summed E-state index contributed by atoms with van der Waals surface area (Å²) in [6.45, 7) is 0. The van der Waals surface area contributed by atoms with Crippen molar-refractivity contribution in [1.29, 1.82) is 0 Å². The lowest BCUT2D eigenvalue weighted by Crippen LogP contribution is -2.36. The predicted molar refractivity (Wildman–Crippen MR) is 108 cm³/mol. The molecule has 0 saturated carbocycles. The van der Waals surface area contributed by atoms with Crippen molar-refractivity contribution in [2.75, 3.05) is 18.2 Å². The minimum atomic E-state index is -0.509. The molecule has 146 valence electrons. The maximum atomic E-state index is 12.1. The molecule has 2 N–H and O–H groups in total. The van der Waals surface area contributed by atoms with Gasteiger partial charge >= 0.3 is 10.7 Å². The van der Waals surface area contributed by atoms with Crippen molar-refractivity contribution >= 4 is 46.6 Å². The van der Waals surface area contributed by atoms with Crippen molar-refractivity contribution in [3.63, 3.8) is 0 Å². The number of benzene rings is 2. The van der Waals surface area contributed by atoms with E-state index in [4.69, 9.17) is 32.5 Å². The standard InChI is InChI=1S/C18H15Cl2N3O4S/c1-26-13-5-3-12(4-6-13)23-17(18(25)27-22-23)28-9-8-16(24)21-11-2-7-14(19)15(20)10-11/h2-7,10H,8-9H2,1H3,(H-,21,22,24,25)/p+1. The molecule has 1 amide bonds. The van der Waals surface area contributed by atoms with Gasteiger partial charge < -0.3 is 10.1 Å². The van der Waals surface area contributed by atoms with E-state index < -0.39 is 5.63 Å². The van der Waals surface area contributed by atoms with Crippen LogP contribution in [-0.2, 0) is 4.79 Å². The number of aromatic amines is 1. The Balaban J connectivity index is 1.61. The van der Waals surface area contributed by atoms with Gasteiger partial charge in [0, 0.05) is 30.0 Å². The van der Waals surface area contributed by atoms with Crippen molar-refractivity contribution in [3.8, 4) is 11.4 Å². The number of H-pyrrole nitrogens is 1. The van der Waals surface area contributed by atoms with Crippen LogP contribution in [0.25, 0.3) is 5.69 Å². The molecule has 0 spiro atoms. The Hall–Kier alpha value is -2.42. The van der Waals surface area contributed by atoms with Gasteiger partial charge in [0.2, 0.25) is 11.6 Å². The summed E-state index contributed by atoms with van der Waals surface area (Å²) in [5, 5.41) is 6.41. The highest BCUT2D eigenvalue weighted by Crippen LogP contribution is 2.25. The van der Waals surface area contributed by atoms with E-state index in [1.807, 2.05) is 0 Å². The number of thioether (sulfide) groups is 1. The summed E-state index contributed by atoms with van der Waals surface area (Å²) >= 11 is 13.0. The van der Waals surface area contributed by atoms with Crippen LogP contribution in [0.3, 0.4) is 0 Å². The molecule has 1 aromatic heterocycles. The van der Waals surface area contributed by atoms with Crippen LogP contribution in [0.15, 0.2) is 56.8 Å². The van der Waals surface area contributed by atoms with Crippen LogP contribution < -0.4 is 20.4 Å². The number of methoxy groups -OCH3 is 1. The molecule has 3 aromatic rings. The van der Waals surface area contributed by atoms with Gasteiger partial charge in [0.25, 0.3) is 0 Å². The molecule has 2 aromatic carbocycles. The summed E-state index contributed by atoms with van der Waals surface area (Å²) < 4.78 is 11.5. The van der Waals surface area contributed by atoms with E-state index in [1.165, 1.54) is 16.4 Å². The van der Waals surface area contributed by atoms with Crippen LogP contribution in [0, 0.1) is 0 Å². The Kier molecular flexibility index (Phi) is 6.66. The van der Waals surface area contributed by atoms with E-state index in [0.29, 0.717) is 37.9 Å². The van der Waals surface area contributed by atoms with Crippen LogP contribution in [0.5, 0.6) is 5.75 Å². The molecule has 0 fully saturated rings. The van der Waals surface area contributed by atoms with Crippen molar-refractivity contribution in [2.24, 2.45) is 0 Å². The van der Waals surface area contributed by atoms with E-state index in [0.717, 1.165) is 0 Å². The molecule has 28 heavy (non-hydrogen) atoms. The van der Waals surface area contributed by atoms with Gasteiger partial charge in [-0.2, -0.15) is 0 Å². The zero-order valence-electron chi connectivity index (χ0n) is 14.7. The zero-order chi connectivity index (χ0) is 20.1. The van der Waals surface area contributed by atoms with Gasteiger partial charge in [0.15, 0.2) is 0 Å². The van der Waals surface area contributed by atoms with Crippen LogP contribution in [0.2, 0.25) is 10.0 Å². The maximum absolute atomic E-state index is 12.1. The van der Waals surface area contributed by atoms with E-state index in [1.54, 1.807) is 49.6 Å². The smallest absolute Gasteiger partial charge is 0.442 e. The molecule has 0 aliphatic heterocycles. The molecule has 0 aliphatic rings. The highest BCUT2D eigenvalue weighted by atomic mass is 35.5. The van der Waals surface area contributed by atoms with Gasteiger partial charge in [-0.3, -0.25) is 9.32 Å². The Morgan fingerprint density at radius 2 is 1.96 bits per heavy atom. The van der Waals surface area contributed by atoms with E-state index in [9.17, 15) is 9.59 Å². The minimum absolute atomic E-state index is 0.193. The number of anilines is 1. The molecule has 0 bridgehead atoms. The number of carbonyl (C=O) groups excluding carboxylic acids is 1. The van der Waals surface area contributed by atoms with Gasteiger partial charge in [0.1, 0.15) is 5.75 Å². The van der Waals surface area contributed by atoms with Crippen LogP contribution in [-0.4, -0.2) is 24.0 Å².